The summed E-state index contributed by atoms with van der Waals surface area (Å²) in [7, 11) is 6.02. The van der Waals surface area contributed by atoms with E-state index in [0.29, 0.717) is 40.9 Å². The average molecular weight is 401 g/mol. The fourth-order valence-electron chi connectivity index (χ4n) is 3.04. The number of ether oxygens (including phenoxy) is 5. The minimum atomic E-state index is -0.647. The minimum absolute atomic E-state index is 0.117. The van der Waals surface area contributed by atoms with Crippen LogP contribution in [0.2, 0.25) is 0 Å². The van der Waals surface area contributed by atoms with Gasteiger partial charge in [-0.05, 0) is 31.2 Å². The van der Waals surface area contributed by atoms with Crippen LogP contribution in [0.25, 0.3) is 0 Å². The molecule has 0 aliphatic carbocycles. The molecular formula is C21H23NO7. The molecule has 1 aliphatic heterocycles. The van der Waals surface area contributed by atoms with E-state index in [4.69, 9.17) is 28.5 Å². The topological polar surface area (TPSA) is 84.8 Å². The fraction of sp³-hybridized carbons (Fsp3) is 0.333. The Kier molecular flexibility index (Phi) is 6.11. The molecule has 1 atom stereocenters. The van der Waals surface area contributed by atoms with Crippen molar-refractivity contribution in [1.29, 1.82) is 0 Å². The molecule has 0 saturated heterocycles. The standard InChI is InChI=1S/C21H23NO7/c1-12-8-16(15-7-6-14(24-2)11-17(15)28-12)22-29-21(23)13-9-18(25-3)20(27-5)19(10-13)26-4/h6-7,9-12H,8H2,1-5H3/b22-16-. The van der Waals surface area contributed by atoms with E-state index in [1.54, 1.807) is 19.2 Å². The first-order valence-electron chi connectivity index (χ1n) is 8.94. The second kappa shape index (κ2) is 8.72. The molecule has 0 saturated carbocycles. The summed E-state index contributed by atoms with van der Waals surface area (Å²) in [5, 5.41) is 4.09. The molecule has 2 aromatic rings. The van der Waals surface area contributed by atoms with Crippen LogP contribution in [0.1, 0.15) is 29.3 Å². The minimum Gasteiger partial charge on any atom is -0.497 e. The van der Waals surface area contributed by atoms with E-state index >= 15 is 0 Å². The van der Waals surface area contributed by atoms with Gasteiger partial charge in [0.05, 0.1) is 39.7 Å². The Balaban J connectivity index is 1.88. The summed E-state index contributed by atoms with van der Waals surface area (Å²) in [6, 6.07) is 8.42. The van der Waals surface area contributed by atoms with Gasteiger partial charge in [-0.1, -0.05) is 5.16 Å². The van der Waals surface area contributed by atoms with Crippen LogP contribution in [0.15, 0.2) is 35.5 Å². The van der Waals surface area contributed by atoms with E-state index < -0.39 is 5.97 Å². The SMILES string of the molecule is COc1ccc2c(c1)OC(C)C/C2=N/OC(=O)c1cc(OC)c(OC)c(OC)c1. The first-order valence-corrected chi connectivity index (χ1v) is 8.94. The van der Waals surface area contributed by atoms with Gasteiger partial charge in [-0.25, -0.2) is 4.79 Å². The predicted molar refractivity (Wildman–Crippen MR) is 106 cm³/mol. The molecule has 3 rings (SSSR count). The molecule has 8 nitrogen and oxygen atoms in total. The predicted octanol–water partition coefficient (Wildman–Crippen LogP) is 3.45. The Labute approximate surface area is 168 Å². The number of fused-ring (bicyclic) bond motifs is 1. The van der Waals surface area contributed by atoms with Crippen molar-refractivity contribution in [3.05, 3.63) is 41.5 Å². The first kappa shape index (κ1) is 20.3. The molecule has 0 fully saturated rings. The van der Waals surface area contributed by atoms with Gasteiger partial charge in [0.2, 0.25) is 5.75 Å². The van der Waals surface area contributed by atoms with Gasteiger partial charge < -0.3 is 28.5 Å². The maximum Gasteiger partial charge on any atom is 0.366 e. The number of nitrogens with zero attached hydrogens (tertiary/aromatic N) is 1. The average Bonchev–Trinajstić information content (AvgIpc) is 2.75. The second-order valence-corrected chi connectivity index (χ2v) is 6.33. The van der Waals surface area contributed by atoms with Gasteiger partial charge >= 0.3 is 5.97 Å². The molecule has 0 N–H and O–H groups in total. The lowest BCUT2D eigenvalue weighted by atomic mass is 10.0. The number of hydrogen-bond acceptors (Lipinski definition) is 8. The van der Waals surface area contributed by atoms with E-state index in [9.17, 15) is 4.79 Å². The molecule has 1 heterocycles. The van der Waals surface area contributed by atoms with Crippen LogP contribution < -0.4 is 23.7 Å². The van der Waals surface area contributed by atoms with Crippen molar-refractivity contribution < 1.29 is 33.3 Å². The van der Waals surface area contributed by atoms with Crippen molar-refractivity contribution >= 4 is 11.7 Å². The van der Waals surface area contributed by atoms with Crippen LogP contribution in [0.3, 0.4) is 0 Å². The number of methoxy groups -OCH3 is 4. The maximum absolute atomic E-state index is 12.6. The third-order valence-electron chi connectivity index (χ3n) is 4.45. The maximum atomic E-state index is 12.6. The molecular weight excluding hydrogens is 378 g/mol. The Morgan fingerprint density at radius 3 is 2.28 bits per heavy atom. The van der Waals surface area contributed by atoms with Crippen LogP contribution in [-0.2, 0) is 4.84 Å². The third-order valence-corrected chi connectivity index (χ3v) is 4.45. The second-order valence-electron chi connectivity index (χ2n) is 6.33. The zero-order valence-electron chi connectivity index (χ0n) is 17.0. The van der Waals surface area contributed by atoms with Gasteiger partial charge in [0.25, 0.3) is 0 Å². The molecule has 1 unspecified atom stereocenters. The quantitative estimate of drug-likeness (QED) is 0.541. The van der Waals surface area contributed by atoms with Crippen molar-refractivity contribution in [3.63, 3.8) is 0 Å². The molecule has 2 aromatic carbocycles. The van der Waals surface area contributed by atoms with Gasteiger partial charge in [-0.2, -0.15) is 0 Å². The largest absolute Gasteiger partial charge is 0.497 e. The lowest BCUT2D eigenvalue weighted by molar-refractivity contribution is 0.0512. The van der Waals surface area contributed by atoms with E-state index in [-0.39, 0.29) is 11.7 Å². The van der Waals surface area contributed by atoms with Crippen LogP contribution in [0.5, 0.6) is 28.7 Å². The van der Waals surface area contributed by atoms with Gasteiger partial charge in [-0.15, -0.1) is 0 Å². The van der Waals surface area contributed by atoms with Crippen molar-refractivity contribution in [2.75, 3.05) is 28.4 Å². The fourth-order valence-corrected chi connectivity index (χ4v) is 3.04. The van der Waals surface area contributed by atoms with Crippen molar-refractivity contribution in [2.45, 2.75) is 19.4 Å². The lowest BCUT2D eigenvalue weighted by Crippen LogP contribution is -2.25. The van der Waals surface area contributed by atoms with Crippen LogP contribution in [0.4, 0.5) is 0 Å². The van der Waals surface area contributed by atoms with Gasteiger partial charge in [0, 0.05) is 18.1 Å². The Bertz CT molecular complexity index is 914. The zero-order valence-corrected chi connectivity index (χ0v) is 17.0. The molecule has 0 bridgehead atoms. The molecule has 0 aromatic heterocycles. The van der Waals surface area contributed by atoms with Gasteiger partial charge in [0.1, 0.15) is 17.6 Å². The molecule has 1 aliphatic rings. The zero-order chi connectivity index (χ0) is 21.0. The summed E-state index contributed by atoms with van der Waals surface area (Å²) in [6.45, 7) is 1.92. The third kappa shape index (κ3) is 4.21. The normalized spacial score (nSPS) is 16.4. The number of rotatable bonds is 6. The Morgan fingerprint density at radius 1 is 1.00 bits per heavy atom. The first-order chi connectivity index (χ1) is 14.0. The number of oxime groups is 1. The number of carbonyl (C=O) groups is 1. The van der Waals surface area contributed by atoms with Crippen molar-refractivity contribution in [1.82, 2.24) is 0 Å². The molecule has 0 amide bonds. The highest BCUT2D eigenvalue weighted by Crippen LogP contribution is 2.38. The molecule has 0 spiro atoms. The lowest BCUT2D eigenvalue weighted by Gasteiger charge is -2.24. The summed E-state index contributed by atoms with van der Waals surface area (Å²) < 4.78 is 26.9. The monoisotopic (exact) mass is 401 g/mol. The van der Waals surface area contributed by atoms with Crippen molar-refractivity contribution in [2.24, 2.45) is 5.16 Å². The van der Waals surface area contributed by atoms with Crippen LogP contribution >= 0.6 is 0 Å². The van der Waals surface area contributed by atoms with E-state index in [1.165, 1.54) is 33.5 Å². The van der Waals surface area contributed by atoms with Gasteiger partial charge in [-0.3, -0.25) is 0 Å². The van der Waals surface area contributed by atoms with Crippen LogP contribution in [0, 0.1) is 0 Å². The molecule has 29 heavy (non-hydrogen) atoms. The van der Waals surface area contributed by atoms with Gasteiger partial charge in [0.15, 0.2) is 11.5 Å². The Morgan fingerprint density at radius 2 is 1.69 bits per heavy atom. The summed E-state index contributed by atoms with van der Waals surface area (Å²) >= 11 is 0. The van der Waals surface area contributed by atoms with Crippen molar-refractivity contribution in [3.8, 4) is 28.7 Å². The summed E-state index contributed by atoms with van der Waals surface area (Å²) in [5.41, 5.74) is 1.59. The highest BCUT2D eigenvalue weighted by molar-refractivity contribution is 6.04. The molecule has 154 valence electrons. The summed E-state index contributed by atoms with van der Waals surface area (Å²) in [6.07, 6.45) is 0.384. The number of hydrogen-bond donors (Lipinski definition) is 0. The highest BCUT2D eigenvalue weighted by Gasteiger charge is 2.24. The smallest absolute Gasteiger partial charge is 0.366 e. The summed E-state index contributed by atoms with van der Waals surface area (Å²) in [5.74, 6) is 1.74. The molecule has 0 radical (unpaired) electrons. The van der Waals surface area contributed by atoms with E-state index in [1.807, 2.05) is 13.0 Å². The number of carbonyl (C=O) groups excluding carboxylic acids is 1. The molecule has 8 heteroatoms. The Hall–Kier alpha value is -3.42. The highest BCUT2D eigenvalue weighted by atomic mass is 16.7. The van der Waals surface area contributed by atoms with E-state index in [0.717, 1.165) is 5.56 Å². The summed E-state index contributed by atoms with van der Waals surface area (Å²) in [4.78, 5) is 17.8. The number of benzene rings is 2. The van der Waals surface area contributed by atoms with Crippen LogP contribution in [-0.4, -0.2) is 46.2 Å². The van der Waals surface area contributed by atoms with E-state index in [2.05, 4.69) is 5.16 Å².